The van der Waals surface area contributed by atoms with E-state index >= 15 is 0 Å². The van der Waals surface area contributed by atoms with Gasteiger partial charge in [-0.05, 0) is 35.4 Å². The number of hydrogen-bond donors (Lipinski definition) is 1. The molecule has 3 nitrogen and oxygen atoms in total. The van der Waals surface area contributed by atoms with E-state index in [9.17, 15) is 4.79 Å². The maximum absolute atomic E-state index is 11.5. The summed E-state index contributed by atoms with van der Waals surface area (Å²) in [5.74, 6) is -0.207. The number of carbonyl (C=O) groups is 1. The SMILES string of the molecule is O=C(/C=C\c1ccc(O)cc1)OC/C=C/c1ccccc1. The van der Waals surface area contributed by atoms with Gasteiger partial charge >= 0.3 is 5.97 Å². The largest absolute Gasteiger partial charge is 0.508 e. The molecule has 106 valence electrons. The highest BCUT2D eigenvalue weighted by molar-refractivity contribution is 5.87. The van der Waals surface area contributed by atoms with Crippen molar-refractivity contribution in [2.24, 2.45) is 0 Å². The van der Waals surface area contributed by atoms with Crippen molar-refractivity contribution < 1.29 is 14.6 Å². The van der Waals surface area contributed by atoms with Crippen molar-refractivity contribution in [2.45, 2.75) is 0 Å². The molecule has 21 heavy (non-hydrogen) atoms. The summed E-state index contributed by atoms with van der Waals surface area (Å²) in [5.41, 5.74) is 1.89. The van der Waals surface area contributed by atoms with Gasteiger partial charge in [0.05, 0.1) is 0 Å². The Kier molecular flexibility index (Phi) is 5.35. The lowest BCUT2D eigenvalue weighted by atomic mass is 10.2. The van der Waals surface area contributed by atoms with Gasteiger partial charge in [-0.2, -0.15) is 0 Å². The number of phenolic OH excluding ortho intramolecular Hbond substituents is 1. The maximum Gasteiger partial charge on any atom is 0.331 e. The number of hydrogen-bond acceptors (Lipinski definition) is 3. The first-order valence-corrected chi connectivity index (χ1v) is 6.59. The summed E-state index contributed by atoms with van der Waals surface area (Å²) < 4.78 is 5.05. The Balaban J connectivity index is 1.77. The molecule has 0 fully saturated rings. The lowest BCUT2D eigenvalue weighted by molar-refractivity contribution is -0.136. The van der Waals surface area contributed by atoms with E-state index in [1.54, 1.807) is 36.4 Å². The number of rotatable bonds is 5. The summed E-state index contributed by atoms with van der Waals surface area (Å²) in [4.78, 5) is 11.5. The molecule has 2 aromatic rings. The van der Waals surface area contributed by atoms with Gasteiger partial charge in [0.1, 0.15) is 12.4 Å². The fourth-order valence-electron chi connectivity index (χ4n) is 1.68. The summed E-state index contributed by atoms with van der Waals surface area (Å²) in [6.45, 7) is 0.230. The van der Waals surface area contributed by atoms with E-state index in [0.29, 0.717) is 0 Å². The van der Waals surface area contributed by atoms with Crippen molar-refractivity contribution in [1.82, 2.24) is 0 Å². The van der Waals surface area contributed by atoms with E-state index in [0.717, 1.165) is 11.1 Å². The number of carbonyl (C=O) groups excluding carboxylic acids is 1. The van der Waals surface area contributed by atoms with Gasteiger partial charge < -0.3 is 9.84 Å². The van der Waals surface area contributed by atoms with Crippen LogP contribution in [-0.2, 0) is 9.53 Å². The van der Waals surface area contributed by atoms with Crippen molar-refractivity contribution in [1.29, 1.82) is 0 Å². The Hall–Kier alpha value is -2.81. The van der Waals surface area contributed by atoms with Crippen molar-refractivity contribution >= 4 is 18.1 Å². The predicted octanol–water partition coefficient (Wildman–Crippen LogP) is 3.66. The van der Waals surface area contributed by atoms with E-state index in [4.69, 9.17) is 9.84 Å². The molecule has 0 aliphatic carbocycles. The average Bonchev–Trinajstić information content (AvgIpc) is 2.52. The summed E-state index contributed by atoms with van der Waals surface area (Å²) in [6.07, 6.45) is 6.70. The Bertz CT molecular complexity index is 625. The van der Waals surface area contributed by atoms with Gasteiger partial charge in [0.25, 0.3) is 0 Å². The number of esters is 1. The van der Waals surface area contributed by atoms with E-state index in [2.05, 4.69) is 0 Å². The molecule has 2 aromatic carbocycles. The third kappa shape index (κ3) is 5.37. The first-order chi connectivity index (χ1) is 10.2. The number of aromatic hydroxyl groups is 1. The van der Waals surface area contributed by atoms with Crippen molar-refractivity contribution in [3.63, 3.8) is 0 Å². The second-order valence-electron chi connectivity index (χ2n) is 4.37. The zero-order valence-electron chi connectivity index (χ0n) is 11.5. The number of phenols is 1. The van der Waals surface area contributed by atoms with Crippen LogP contribution in [0.1, 0.15) is 11.1 Å². The second-order valence-corrected chi connectivity index (χ2v) is 4.37. The molecule has 0 saturated heterocycles. The van der Waals surface area contributed by atoms with Gasteiger partial charge in [-0.25, -0.2) is 4.79 Å². The molecule has 2 rings (SSSR count). The first kappa shape index (κ1) is 14.6. The van der Waals surface area contributed by atoms with Gasteiger partial charge in [-0.15, -0.1) is 0 Å². The van der Waals surface area contributed by atoms with Crippen LogP contribution < -0.4 is 0 Å². The highest BCUT2D eigenvalue weighted by Gasteiger charge is 1.95. The third-order valence-electron chi connectivity index (χ3n) is 2.74. The van der Waals surface area contributed by atoms with E-state index in [1.807, 2.05) is 36.4 Å². The first-order valence-electron chi connectivity index (χ1n) is 6.59. The highest BCUT2D eigenvalue weighted by Crippen LogP contribution is 2.10. The molecule has 0 aliphatic heterocycles. The van der Waals surface area contributed by atoms with Crippen LogP contribution in [0.25, 0.3) is 12.2 Å². The van der Waals surface area contributed by atoms with Crippen molar-refractivity contribution in [3.05, 3.63) is 77.9 Å². The van der Waals surface area contributed by atoms with Crippen LogP contribution in [-0.4, -0.2) is 17.7 Å². The summed E-state index contributed by atoms with van der Waals surface area (Å²) >= 11 is 0. The molecule has 1 N–H and O–H groups in total. The Morgan fingerprint density at radius 2 is 1.62 bits per heavy atom. The van der Waals surface area contributed by atoms with Gasteiger partial charge in [-0.3, -0.25) is 0 Å². The molecule has 0 atom stereocenters. The van der Waals surface area contributed by atoms with Crippen LogP contribution in [0.2, 0.25) is 0 Å². The predicted molar refractivity (Wildman–Crippen MR) is 83.6 cm³/mol. The third-order valence-corrected chi connectivity index (χ3v) is 2.74. The van der Waals surface area contributed by atoms with Crippen LogP contribution in [0.5, 0.6) is 5.75 Å². The Morgan fingerprint density at radius 3 is 2.33 bits per heavy atom. The van der Waals surface area contributed by atoms with Crippen LogP contribution in [0, 0.1) is 0 Å². The van der Waals surface area contributed by atoms with E-state index in [-0.39, 0.29) is 12.4 Å². The summed E-state index contributed by atoms with van der Waals surface area (Å²) in [5, 5.41) is 9.15. The molecule has 0 heterocycles. The van der Waals surface area contributed by atoms with Crippen LogP contribution in [0.15, 0.2) is 66.7 Å². The van der Waals surface area contributed by atoms with Gasteiger partial charge in [0.2, 0.25) is 0 Å². The van der Waals surface area contributed by atoms with Gasteiger partial charge in [0, 0.05) is 6.08 Å². The molecule has 0 radical (unpaired) electrons. The Labute approximate surface area is 123 Å². The molecule has 0 aliphatic rings. The van der Waals surface area contributed by atoms with Gasteiger partial charge in [0.15, 0.2) is 0 Å². The number of benzene rings is 2. The minimum atomic E-state index is -0.402. The molecule has 0 spiro atoms. The molecule has 0 aromatic heterocycles. The van der Waals surface area contributed by atoms with Gasteiger partial charge in [-0.1, -0.05) is 48.5 Å². The minimum Gasteiger partial charge on any atom is -0.508 e. The van der Waals surface area contributed by atoms with Crippen molar-refractivity contribution in [2.75, 3.05) is 6.61 Å². The lowest BCUT2D eigenvalue weighted by Crippen LogP contribution is -1.99. The topological polar surface area (TPSA) is 46.5 Å². The molecule has 0 unspecified atom stereocenters. The molecule has 0 amide bonds. The minimum absolute atomic E-state index is 0.195. The Morgan fingerprint density at radius 1 is 0.952 bits per heavy atom. The molecular weight excluding hydrogens is 264 g/mol. The molecule has 0 saturated carbocycles. The quantitative estimate of drug-likeness (QED) is 0.671. The van der Waals surface area contributed by atoms with Crippen LogP contribution in [0.3, 0.4) is 0 Å². The van der Waals surface area contributed by atoms with E-state index in [1.165, 1.54) is 6.08 Å². The fraction of sp³-hybridized carbons (Fsp3) is 0.0556. The fourth-order valence-corrected chi connectivity index (χ4v) is 1.68. The zero-order valence-corrected chi connectivity index (χ0v) is 11.5. The van der Waals surface area contributed by atoms with Crippen molar-refractivity contribution in [3.8, 4) is 5.75 Å². The second kappa shape index (κ2) is 7.70. The lowest BCUT2D eigenvalue weighted by Gasteiger charge is -1.97. The molecule has 3 heteroatoms. The summed E-state index contributed by atoms with van der Waals surface area (Å²) in [6, 6.07) is 16.4. The standard InChI is InChI=1S/C18H16O3/c19-17-11-8-16(9-12-17)10-13-18(20)21-14-4-7-15-5-2-1-3-6-15/h1-13,19H,14H2/b7-4+,13-10-. The average molecular weight is 280 g/mol. The smallest absolute Gasteiger partial charge is 0.331 e. The normalized spacial score (nSPS) is 11.0. The monoisotopic (exact) mass is 280 g/mol. The van der Waals surface area contributed by atoms with Crippen LogP contribution >= 0.6 is 0 Å². The molecular formula is C18H16O3. The summed E-state index contributed by atoms with van der Waals surface area (Å²) in [7, 11) is 0. The maximum atomic E-state index is 11.5. The number of ether oxygens (including phenoxy) is 1. The zero-order chi connectivity index (χ0) is 14.9. The van der Waals surface area contributed by atoms with E-state index < -0.39 is 5.97 Å². The van der Waals surface area contributed by atoms with Crippen LogP contribution in [0.4, 0.5) is 0 Å². The highest BCUT2D eigenvalue weighted by atomic mass is 16.5. The molecule has 0 bridgehead atoms.